The Balaban J connectivity index is 3.25. The molecule has 0 radical (unpaired) electrons. The molecule has 2 nitrogen and oxygen atoms in total. The third-order valence-electron chi connectivity index (χ3n) is 0.918. The van der Waals surface area contributed by atoms with E-state index in [0.29, 0.717) is 3.70 Å². The fraction of sp³-hybridized carbons (Fsp3) is 0. The normalized spacial score (nSPS) is 8.90. The van der Waals surface area contributed by atoms with E-state index >= 15 is 0 Å². The average Bonchev–Trinajstić information content (AvgIpc) is 1.94. The van der Waals surface area contributed by atoms with Gasteiger partial charge in [0, 0.05) is 0 Å². The van der Waals surface area contributed by atoms with Gasteiger partial charge >= 0.3 is 0 Å². The Morgan fingerprint density at radius 1 is 1.60 bits per heavy atom. The minimum Gasteiger partial charge on any atom is -0.228 e. The molecular formula is C6H2FIN2. The van der Waals surface area contributed by atoms with Crippen molar-refractivity contribution < 1.29 is 4.39 Å². The maximum atomic E-state index is 12.5. The van der Waals surface area contributed by atoms with Crippen LogP contribution < -0.4 is 0 Å². The van der Waals surface area contributed by atoms with Gasteiger partial charge in [-0.25, -0.2) is 9.37 Å². The molecule has 50 valence electrons. The largest absolute Gasteiger partial charge is 0.228 e. The summed E-state index contributed by atoms with van der Waals surface area (Å²) < 4.78 is 13.1. The third kappa shape index (κ3) is 1.42. The van der Waals surface area contributed by atoms with Crippen molar-refractivity contribution in [2.45, 2.75) is 0 Å². The summed E-state index contributed by atoms with van der Waals surface area (Å²) in [7, 11) is 0. The van der Waals surface area contributed by atoms with Crippen LogP contribution in [0.3, 0.4) is 0 Å². The second kappa shape index (κ2) is 2.92. The first-order valence-electron chi connectivity index (χ1n) is 2.46. The zero-order valence-corrected chi connectivity index (χ0v) is 6.96. The Kier molecular flexibility index (Phi) is 2.17. The molecule has 0 aliphatic heterocycles. The van der Waals surface area contributed by atoms with Gasteiger partial charge < -0.3 is 0 Å². The van der Waals surface area contributed by atoms with Crippen LogP contribution in [0, 0.1) is 20.8 Å². The number of aromatic nitrogens is 1. The molecule has 0 unspecified atom stereocenters. The van der Waals surface area contributed by atoms with Crippen LogP contribution in [0.25, 0.3) is 0 Å². The van der Waals surface area contributed by atoms with Crippen molar-refractivity contribution in [1.29, 1.82) is 5.26 Å². The van der Waals surface area contributed by atoms with Gasteiger partial charge in [0.05, 0.1) is 0 Å². The van der Waals surface area contributed by atoms with Gasteiger partial charge in [0.1, 0.15) is 9.77 Å². The minimum atomic E-state index is -0.567. The van der Waals surface area contributed by atoms with E-state index in [2.05, 4.69) is 4.98 Å². The maximum absolute atomic E-state index is 12.5. The lowest BCUT2D eigenvalue weighted by Gasteiger charge is -1.90. The highest BCUT2D eigenvalue weighted by Gasteiger charge is 2.00. The summed E-state index contributed by atoms with van der Waals surface area (Å²) in [5, 5.41) is 8.29. The maximum Gasteiger partial charge on any atom is 0.177 e. The molecule has 0 aliphatic rings. The first-order chi connectivity index (χ1) is 4.74. The molecule has 0 saturated carbocycles. The van der Waals surface area contributed by atoms with Gasteiger partial charge in [0.25, 0.3) is 0 Å². The van der Waals surface area contributed by atoms with Crippen LogP contribution in [0.15, 0.2) is 12.1 Å². The van der Waals surface area contributed by atoms with Crippen molar-refractivity contribution in [2.75, 3.05) is 0 Å². The van der Waals surface area contributed by atoms with Crippen LogP contribution in [0.2, 0.25) is 0 Å². The lowest BCUT2D eigenvalue weighted by molar-refractivity contribution is 0.615. The zero-order valence-electron chi connectivity index (χ0n) is 4.81. The summed E-state index contributed by atoms with van der Waals surface area (Å²) >= 11 is 1.92. The van der Waals surface area contributed by atoms with Gasteiger partial charge in [-0.2, -0.15) is 5.26 Å². The molecule has 0 saturated heterocycles. The highest BCUT2D eigenvalue weighted by molar-refractivity contribution is 14.1. The summed E-state index contributed by atoms with van der Waals surface area (Å²) in [6, 6.07) is 4.39. The molecule has 0 aromatic carbocycles. The number of hydrogen-bond donors (Lipinski definition) is 0. The Morgan fingerprint density at radius 2 is 2.30 bits per heavy atom. The molecule has 0 bridgehead atoms. The molecule has 0 atom stereocenters. The van der Waals surface area contributed by atoms with Crippen LogP contribution in [-0.2, 0) is 0 Å². The van der Waals surface area contributed by atoms with E-state index in [1.807, 2.05) is 22.6 Å². The van der Waals surface area contributed by atoms with Gasteiger partial charge in [-0.1, -0.05) is 0 Å². The number of hydrogen-bond acceptors (Lipinski definition) is 2. The fourth-order valence-corrected chi connectivity index (χ4v) is 0.918. The number of nitriles is 1. The minimum absolute atomic E-state index is 0.146. The number of nitrogens with zero attached hydrogens (tertiary/aromatic N) is 2. The molecule has 10 heavy (non-hydrogen) atoms. The molecule has 0 amide bonds. The topological polar surface area (TPSA) is 36.7 Å². The quantitative estimate of drug-likeness (QED) is 0.517. The van der Waals surface area contributed by atoms with Crippen LogP contribution >= 0.6 is 22.6 Å². The SMILES string of the molecule is N#Cc1nc(I)ccc1F. The van der Waals surface area contributed by atoms with E-state index in [9.17, 15) is 4.39 Å². The van der Waals surface area contributed by atoms with Crippen molar-refractivity contribution in [2.24, 2.45) is 0 Å². The smallest absolute Gasteiger partial charge is 0.177 e. The second-order valence-electron chi connectivity index (χ2n) is 1.58. The van der Waals surface area contributed by atoms with Crippen molar-refractivity contribution in [3.05, 3.63) is 27.3 Å². The number of rotatable bonds is 0. The Hall–Kier alpha value is -0.700. The fourth-order valence-electron chi connectivity index (χ4n) is 0.497. The first-order valence-corrected chi connectivity index (χ1v) is 3.54. The third-order valence-corrected chi connectivity index (χ3v) is 1.52. The highest BCUT2D eigenvalue weighted by atomic mass is 127. The molecule has 0 aliphatic carbocycles. The molecular weight excluding hydrogens is 246 g/mol. The second-order valence-corrected chi connectivity index (χ2v) is 2.68. The van der Waals surface area contributed by atoms with E-state index in [1.165, 1.54) is 12.1 Å². The summed E-state index contributed by atoms with van der Waals surface area (Å²) in [6.07, 6.45) is 0. The van der Waals surface area contributed by atoms with Gasteiger partial charge in [-0.3, -0.25) is 0 Å². The zero-order chi connectivity index (χ0) is 7.56. The van der Waals surface area contributed by atoms with Gasteiger partial charge in [0.2, 0.25) is 0 Å². The standard InChI is InChI=1S/C6H2FIN2/c7-4-1-2-6(8)10-5(4)3-9/h1-2H. The highest BCUT2D eigenvalue weighted by Crippen LogP contribution is 2.05. The predicted octanol–water partition coefficient (Wildman–Crippen LogP) is 1.70. The molecule has 1 heterocycles. The lowest BCUT2D eigenvalue weighted by atomic mass is 10.4. The Bertz CT molecular complexity index is 292. The number of halogens is 2. The molecule has 0 fully saturated rings. The van der Waals surface area contributed by atoms with Gasteiger partial charge in [0.15, 0.2) is 11.5 Å². The van der Waals surface area contributed by atoms with E-state index in [1.54, 1.807) is 6.07 Å². The molecule has 1 aromatic heterocycles. The monoisotopic (exact) mass is 248 g/mol. The van der Waals surface area contributed by atoms with Gasteiger partial charge in [-0.15, -0.1) is 0 Å². The van der Waals surface area contributed by atoms with E-state index in [0.717, 1.165) is 0 Å². The lowest BCUT2D eigenvalue weighted by Crippen LogP contribution is -1.90. The van der Waals surface area contributed by atoms with E-state index in [-0.39, 0.29) is 5.69 Å². The van der Waals surface area contributed by atoms with E-state index < -0.39 is 5.82 Å². The Morgan fingerprint density at radius 3 is 2.80 bits per heavy atom. The van der Waals surface area contributed by atoms with Crippen molar-refractivity contribution >= 4 is 22.6 Å². The van der Waals surface area contributed by atoms with E-state index in [4.69, 9.17) is 5.26 Å². The van der Waals surface area contributed by atoms with Crippen LogP contribution in [0.1, 0.15) is 5.69 Å². The first kappa shape index (κ1) is 7.41. The summed E-state index contributed by atoms with van der Waals surface area (Å²) in [4.78, 5) is 3.64. The van der Waals surface area contributed by atoms with Crippen molar-refractivity contribution in [3.8, 4) is 6.07 Å². The molecule has 4 heteroatoms. The summed E-state index contributed by atoms with van der Waals surface area (Å²) in [5.74, 6) is -0.567. The Labute approximate surface area is 70.8 Å². The van der Waals surface area contributed by atoms with Crippen LogP contribution in [0.5, 0.6) is 0 Å². The van der Waals surface area contributed by atoms with Crippen LogP contribution in [0.4, 0.5) is 4.39 Å². The molecule has 0 N–H and O–H groups in total. The predicted molar refractivity (Wildman–Crippen MR) is 41.6 cm³/mol. The number of pyridine rings is 1. The molecule has 1 rings (SSSR count). The van der Waals surface area contributed by atoms with Gasteiger partial charge in [-0.05, 0) is 34.7 Å². The van der Waals surface area contributed by atoms with Crippen molar-refractivity contribution in [1.82, 2.24) is 4.98 Å². The summed E-state index contributed by atoms with van der Waals surface area (Å²) in [6.45, 7) is 0. The summed E-state index contributed by atoms with van der Waals surface area (Å²) in [5.41, 5.74) is -0.146. The van der Waals surface area contributed by atoms with Crippen molar-refractivity contribution in [3.63, 3.8) is 0 Å². The average molecular weight is 248 g/mol. The molecule has 0 spiro atoms. The van der Waals surface area contributed by atoms with Crippen LogP contribution in [-0.4, -0.2) is 4.98 Å². The molecule has 1 aromatic rings.